The fourth-order valence-corrected chi connectivity index (χ4v) is 20.7. The van der Waals surface area contributed by atoms with Crippen molar-refractivity contribution < 1.29 is 0 Å². The van der Waals surface area contributed by atoms with Gasteiger partial charge in [-0.25, -0.2) is 0 Å². The molecule has 0 saturated heterocycles. The first-order valence-corrected chi connectivity index (χ1v) is 52.5. The summed E-state index contributed by atoms with van der Waals surface area (Å²) in [5.41, 5.74) is 17.9. The summed E-state index contributed by atoms with van der Waals surface area (Å²) in [4.78, 5) is 0. The number of benzene rings is 1. The summed E-state index contributed by atoms with van der Waals surface area (Å²) >= 11 is 0. The lowest BCUT2D eigenvalue weighted by Gasteiger charge is -2.45. The fourth-order valence-electron chi connectivity index (χ4n) is 20.7. The van der Waals surface area contributed by atoms with E-state index in [1.165, 1.54) is 206 Å². The molecule has 3 fully saturated rings. The first-order chi connectivity index (χ1) is 56.2. The molecule has 3 unspecified atom stereocenters. The van der Waals surface area contributed by atoms with Crippen LogP contribution in [0, 0.1) is 155 Å². The van der Waals surface area contributed by atoms with Crippen LogP contribution in [0.5, 0.6) is 0 Å². The van der Waals surface area contributed by atoms with E-state index in [9.17, 15) is 0 Å². The molecule has 0 N–H and O–H groups in total. The maximum atomic E-state index is 4.04. The van der Waals surface area contributed by atoms with Crippen molar-refractivity contribution >= 4 is 0 Å². The summed E-state index contributed by atoms with van der Waals surface area (Å²) in [5.74, 6) is 14.0. The van der Waals surface area contributed by atoms with E-state index in [0.717, 1.165) is 102 Å². The molecule has 124 heavy (non-hydrogen) atoms. The molecule has 6 rings (SSSR count). The molecule has 0 nitrogen and oxygen atoms in total. The lowest BCUT2D eigenvalue weighted by atomic mass is 9.59. The first kappa shape index (κ1) is 123. The topological polar surface area (TPSA) is 0 Å². The van der Waals surface area contributed by atoms with Crippen molar-refractivity contribution in [1.29, 1.82) is 0 Å². The number of hydrogen-bond donors (Lipinski definition) is 0. The van der Waals surface area contributed by atoms with Gasteiger partial charge in [0, 0.05) is 0 Å². The SMILES string of the molecule is C=CC(C)(CC/C=C(/C)CCC=C(C)C)C(C)(C)C.C=CC(C)(CCC=C(C)C)C(C)(C)C.CC(C)=CCC/C(C)=C\CC(C)(C)C.CC(C)C1CCC(C(C)C(C)(C)C)CC1.CC(C)CC1CCC(C(C)C)CC1.CC(C)[C@@H]1CC[C@@H](C)C[C@H]1C(C)(C)C.C[C@H]1CC[C@@H](C(C)(C)C(C)(C)C)CC2=C1CC[C@@H]2C.Cc1cccc(CC(C)(C)CC(C)(C)C)c1. The molecule has 0 spiro atoms. The third-order valence-electron chi connectivity index (χ3n) is 32.1. The highest BCUT2D eigenvalue weighted by Gasteiger charge is 2.44. The molecule has 9 atom stereocenters. The lowest BCUT2D eigenvalue weighted by molar-refractivity contribution is 0.0471. The summed E-state index contributed by atoms with van der Waals surface area (Å²) in [6.45, 7) is 120. The Kier molecular flexibility index (Phi) is 55.9. The zero-order valence-corrected chi connectivity index (χ0v) is 94.2. The van der Waals surface area contributed by atoms with E-state index in [4.69, 9.17) is 0 Å². The minimum atomic E-state index is 0.212. The van der Waals surface area contributed by atoms with E-state index < -0.39 is 0 Å². The standard InChI is InChI=1S/2C19H34.C16H26.C15H30.C14H28.2C14H26.C13H26/c1-13-8-10-15(19(6,7)18(3,4)5)12-17-14(2)9-11-16(13)17;1-9-19(8,18(5,6)7)15-11-14-17(4)13-10-12-16(2)3;1-13-8-7-9-14(10-13)11-16(5,6)12-15(2,3)4;1-11(2)13-7-9-14(10-8-13)12(3)15(4,5)6;1-10(2)12-8-7-11(3)9-13(12)14(4,5)6;1-12(2)8-7-9-13(3)10-11-14(4,5)6;1-8-14(7,13(4,5)6)11-9-10-12(2)3;1-10(2)9-12-5-7-13(8-6-12)11(3)4/h13-15H,8-12H2,1-7H3;9,12,14H,1,10-11,13,15H2,2-8H3;7-10H,11-12H2,1-6H3;11-14H,7-10H2,1-6H3;10-13H,7-9H2,1-6H3;8,10H,7,9,11H2,1-6H3;8,10H,1,9,11H2,2-7H3;10-13H,5-9H2,1-4H3/b;17-14-;;;;13-10-;;/t13-,14-,15+;;;;11-,12+,13-;;;/m0...1.../s1. The van der Waals surface area contributed by atoms with E-state index in [0.29, 0.717) is 43.3 Å². The van der Waals surface area contributed by atoms with E-state index in [-0.39, 0.29) is 16.2 Å². The average molecular weight is 1720 g/mol. The molecule has 0 amide bonds. The van der Waals surface area contributed by atoms with Crippen LogP contribution in [0.2, 0.25) is 0 Å². The summed E-state index contributed by atoms with van der Waals surface area (Å²) in [6, 6.07) is 8.89. The van der Waals surface area contributed by atoms with Crippen molar-refractivity contribution in [2.45, 2.75) is 512 Å². The predicted molar refractivity (Wildman–Crippen MR) is 573 cm³/mol. The third kappa shape index (κ3) is 51.2. The molecule has 5 aliphatic rings. The number of aryl methyl sites for hydroxylation is 1. The zero-order chi connectivity index (χ0) is 96.9. The average Bonchev–Trinajstić information content (AvgIpc) is 1.61. The van der Waals surface area contributed by atoms with Crippen LogP contribution in [0.15, 0.2) is 119 Å². The molecule has 3 saturated carbocycles. The van der Waals surface area contributed by atoms with E-state index in [1.807, 2.05) is 11.1 Å². The second-order valence-electron chi connectivity index (χ2n) is 54.0. The molecule has 0 heteroatoms. The Bertz CT molecular complexity index is 3210. The predicted octanol–water partition coefficient (Wildman–Crippen LogP) is 42.4. The number of allylic oxidation sites excluding steroid dienone is 14. The van der Waals surface area contributed by atoms with Crippen LogP contribution >= 0.6 is 0 Å². The van der Waals surface area contributed by atoms with Crippen LogP contribution in [0.4, 0.5) is 0 Å². The molecule has 0 bridgehead atoms. The van der Waals surface area contributed by atoms with Gasteiger partial charge in [0.15, 0.2) is 0 Å². The Balaban J connectivity index is 0. The van der Waals surface area contributed by atoms with Gasteiger partial charge >= 0.3 is 0 Å². The van der Waals surface area contributed by atoms with Crippen molar-refractivity contribution in [1.82, 2.24) is 0 Å². The Morgan fingerprint density at radius 3 is 1.25 bits per heavy atom. The van der Waals surface area contributed by atoms with Gasteiger partial charge in [0.05, 0.1) is 0 Å². The van der Waals surface area contributed by atoms with Crippen LogP contribution in [0.1, 0.15) is 510 Å². The summed E-state index contributed by atoms with van der Waals surface area (Å²) in [5, 5.41) is 0. The van der Waals surface area contributed by atoms with Gasteiger partial charge in [-0.05, 0) is 377 Å². The van der Waals surface area contributed by atoms with E-state index >= 15 is 0 Å². The van der Waals surface area contributed by atoms with Gasteiger partial charge in [0.2, 0.25) is 0 Å². The monoisotopic (exact) mass is 1720 g/mol. The fraction of sp³-hybridized carbons (Fsp3) is 0.823. The van der Waals surface area contributed by atoms with E-state index in [1.54, 1.807) is 0 Å². The first-order valence-electron chi connectivity index (χ1n) is 52.5. The lowest BCUT2D eigenvalue weighted by Crippen LogP contribution is -2.37. The minimum absolute atomic E-state index is 0.212. The smallest absolute Gasteiger partial charge is 0.00977 e. The van der Waals surface area contributed by atoms with Gasteiger partial charge in [-0.1, -0.05) is 401 Å². The van der Waals surface area contributed by atoms with Gasteiger partial charge < -0.3 is 0 Å². The van der Waals surface area contributed by atoms with Crippen molar-refractivity contribution in [3.8, 4) is 0 Å². The molecule has 0 heterocycles. The van der Waals surface area contributed by atoms with Crippen molar-refractivity contribution in [2.24, 2.45) is 148 Å². The molecular weight excluding hydrogens is 1490 g/mol. The molecule has 0 aromatic heterocycles. The second kappa shape index (κ2) is 56.2. The summed E-state index contributed by atoms with van der Waals surface area (Å²) in [7, 11) is 0. The Morgan fingerprint density at radius 2 is 0.871 bits per heavy atom. The zero-order valence-electron chi connectivity index (χ0n) is 94.2. The third-order valence-corrected chi connectivity index (χ3v) is 32.1. The number of hydrogen-bond acceptors (Lipinski definition) is 0. The molecule has 1 aromatic carbocycles. The Labute approximate surface area is 785 Å². The van der Waals surface area contributed by atoms with Gasteiger partial charge in [-0.2, -0.15) is 0 Å². The highest BCUT2D eigenvalue weighted by Crippen LogP contribution is 2.55. The maximum absolute atomic E-state index is 4.04. The van der Waals surface area contributed by atoms with Crippen molar-refractivity contribution in [3.63, 3.8) is 0 Å². The van der Waals surface area contributed by atoms with Crippen LogP contribution < -0.4 is 0 Å². The van der Waals surface area contributed by atoms with Gasteiger partial charge in [0.25, 0.3) is 0 Å². The number of rotatable bonds is 25. The largest absolute Gasteiger partial charge is 0.103 e. The minimum Gasteiger partial charge on any atom is -0.103 e. The van der Waals surface area contributed by atoms with Gasteiger partial charge in [0.1, 0.15) is 0 Å². The van der Waals surface area contributed by atoms with Crippen LogP contribution in [-0.4, -0.2) is 0 Å². The highest BCUT2D eigenvalue weighted by molar-refractivity contribution is 5.27. The van der Waals surface area contributed by atoms with Crippen LogP contribution in [0.3, 0.4) is 0 Å². The molecular formula is C124H230. The molecule has 5 aliphatic carbocycles. The maximum Gasteiger partial charge on any atom is -0.00977 e. The Morgan fingerprint density at radius 1 is 0.444 bits per heavy atom. The summed E-state index contributed by atoms with van der Waals surface area (Å²) in [6.07, 6.45) is 53.8. The molecule has 1 aromatic rings. The normalized spacial score (nSPS) is 23.2. The quantitative estimate of drug-likeness (QED) is 0.0856. The molecule has 0 radical (unpaired) electrons. The van der Waals surface area contributed by atoms with Crippen LogP contribution in [0.25, 0.3) is 0 Å². The second-order valence-corrected chi connectivity index (χ2v) is 54.0. The van der Waals surface area contributed by atoms with E-state index in [2.05, 4.69) is 412 Å². The molecule has 0 aliphatic heterocycles. The summed E-state index contributed by atoms with van der Waals surface area (Å²) < 4.78 is 0. The van der Waals surface area contributed by atoms with Crippen molar-refractivity contribution in [3.05, 3.63) is 130 Å². The van der Waals surface area contributed by atoms with Crippen molar-refractivity contribution in [2.75, 3.05) is 0 Å². The van der Waals surface area contributed by atoms with Gasteiger partial charge in [-0.15, -0.1) is 13.2 Å². The molecule has 726 valence electrons. The Hall–Kier alpha value is -2.86. The van der Waals surface area contributed by atoms with Crippen LogP contribution in [-0.2, 0) is 6.42 Å². The highest BCUT2D eigenvalue weighted by atomic mass is 14.5. The van der Waals surface area contributed by atoms with Gasteiger partial charge in [-0.3, -0.25) is 0 Å².